The molecular formula is C23H37N5O2. The predicted molar refractivity (Wildman–Crippen MR) is 121 cm³/mol. The molecule has 0 saturated carbocycles. The minimum Gasteiger partial charge on any atom is -0.376 e. The summed E-state index contributed by atoms with van der Waals surface area (Å²) in [6.07, 6.45) is 6.23. The Kier molecular flexibility index (Phi) is 9.44. The molecule has 1 aromatic carbocycles. The molecule has 30 heavy (non-hydrogen) atoms. The van der Waals surface area contributed by atoms with E-state index in [1.165, 1.54) is 32.4 Å². The number of ether oxygens (including phenoxy) is 1. The third-order valence-electron chi connectivity index (χ3n) is 5.64. The van der Waals surface area contributed by atoms with Gasteiger partial charge >= 0.3 is 0 Å². The molecule has 3 N–H and O–H groups in total. The number of guanidine groups is 1. The first kappa shape index (κ1) is 22.6. The molecule has 0 spiro atoms. The van der Waals surface area contributed by atoms with Gasteiger partial charge in [0.1, 0.15) is 0 Å². The molecular weight excluding hydrogens is 378 g/mol. The number of piperidine rings is 1. The standard InChI is InChI=1S/C23H37N5O2/c1-2-24-23(25-11-14-28-12-4-3-5-13-28)27-17-19-8-6-9-20(16-19)22(29)26-18-21-10-7-15-30-21/h6,8-9,16,21H,2-5,7,10-15,17-18H2,1H3,(H,26,29)(H2,24,25,27). The maximum Gasteiger partial charge on any atom is 0.251 e. The Bertz CT molecular complexity index is 682. The number of nitrogens with zero attached hydrogens (tertiary/aromatic N) is 2. The quantitative estimate of drug-likeness (QED) is 0.425. The fraction of sp³-hybridized carbons (Fsp3) is 0.652. The number of nitrogens with one attached hydrogen (secondary N) is 3. The van der Waals surface area contributed by atoms with Crippen LogP contribution in [0.2, 0.25) is 0 Å². The van der Waals surface area contributed by atoms with Crippen LogP contribution in [0, 0.1) is 0 Å². The predicted octanol–water partition coefficient (Wildman–Crippen LogP) is 2.14. The number of benzene rings is 1. The zero-order valence-corrected chi connectivity index (χ0v) is 18.3. The first-order chi connectivity index (χ1) is 14.7. The molecule has 1 atom stereocenters. The number of carbonyl (C=O) groups excluding carboxylic acids is 1. The fourth-order valence-electron chi connectivity index (χ4n) is 3.95. The van der Waals surface area contributed by atoms with Crippen molar-refractivity contribution in [3.63, 3.8) is 0 Å². The highest BCUT2D eigenvalue weighted by Crippen LogP contribution is 2.12. The van der Waals surface area contributed by atoms with Crippen molar-refractivity contribution in [1.82, 2.24) is 20.9 Å². The Hall–Kier alpha value is -2.12. The van der Waals surface area contributed by atoms with E-state index in [4.69, 9.17) is 9.73 Å². The summed E-state index contributed by atoms with van der Waals surface area (Å²) in [6.45, 7) is 9.14. The highest BCUT2D eigenvalue weighted by Gasteiger charge is 2.16. The molecule has 0 aromatic heterocycles. The summed E-state index contributed by atoms with van der Waals surface area (Å²) >= 11 is 0. The summed E-state index contributed by atoms with van der Waals surface area (Å²) in [5.41, 5.74) is 1.69. The van der Waals surface area contributed by atoms with E-state index in [-0.39, 0.29) is 12.0 Å². The van der Waals surface area contributed by atoms with Crippen molar-refractivity contribution in [2.24, 2.45) is 4.99 Å². The van der Waals surface area contributed by atoms with Crippen LogP contribution in [0.3, 0.4) is 0 Å². The Labute approximate surface area is 180 Å². The molecule has 1 aromatic rings. The SMILES string of the molecule is CCNC(=NCc1cccc(C(=O)NCC2CCCO2)c1)NCCN1CCCCC1. The van der Waals surface area contributed by atoms with Crippen molar-refractivity contribution in [2.45, 2.75) is 51.7 Å². The second-order valence-electron chi connectivity index (χ2n) is 8.07. The van der Waals surface area contributed by atoms with Crippen LogP contribution < -0.4 is 16.0 Å². The molecule has 0 aliphatic carbocycles. The van der Waals surface area contributed by atoms with Crippen LogP contribution >= 0.6 is 0 Å². The zero-order valence-electron chi connectivity index (χ0n) is 18.3. The van der Waals surface area contributed by atoms with Gasteiger partial charge in [-0.2, -0.15) is 0 Å². The van der Waals surface area contributed by atoms with Crippen molar-refractivity contribution in [2.75, 3.05) is 45.9 Å². The summed E-state index contributed by atoms with van der Waals surface area (Å²) in [7, 11) is 0. The number of rotatable bonds is 9. The molecule has 1 unspecified atom stereocenters. The normalized spacial score (nSPS) is 20.2. The van der Waals surface area contributed by atoms with Gasteiger partial charge in [0.2, 0.25) is 0 Å². The number of amides is 1. The van der Waals surface area contributed by atoms with Gasteiger partial charge in [0, 0.05) is 38.3 Å². The monoisotopic (exact) mass is 415 g/mol. The molecule has 2 fully saturated rings. The fourth-order valence-corrected chi connectivity index (χ4v) is 3.95. The molecule has 0 bridgehead atoms. The lowest BCUT2D eigenvalue weighted by atomic mass is 10.1. The van der Waals surface area contributed by atoms with Crippen molar-refractivity contribution in [3.8, 4) is 0 Å². The maximum absolute atomic E-state index is 12.5. The Balaban J connectivity index is 1.47. The molecule has 2 aliphatic rings. The molecule has 0 radical (unpaired) electrons. The molecule has 166 valence electrons. The number of carbonyl (C=O) groups is 1. The highest BCUT2D eigenvalue weighted by molar-refractivity contribution is 5.94. The first-order valence-corrected chi connectivity index (χ1v) is 11.5. The highest BCUT2D eigenvalue weighted by atomic mass is 16.5. The van der Waals surface area contributed by atoms with Gasteiger partial charge in [0.25, 0.3) is 5.91 Å². The lowest BCUT2D eigenvalue weighted by Gasteiger charge is -2.26. The van der Waals surface area contributed by atoms with Crippen molar-refractivity contribution >= 4 is 11.9 Å². The van der Waals surface area contributed by atoms with E-state index in [0.717, 1.165) is 50.6 Å². The number of likely N-dealkylation sites (tertiary alicyclic amines) is 1. The third kappa shape index (κ3) is 7.61. The van der Waals surface area contributed by atoms with Crippen LogP contribution in [-0.4, -0.2) is 68.7 Å². The van der Waals surface area contributed by atoms with Gasteiger partial charge in [0.05, 0.1) is 12.6 Å². The van der Waals surface area contributed by atoms with E-state index in [1.807, 2.05) is 24.3 Å². The lowest BCUT2D eigenvalue weighted by molar-refractivity contribution is 0.0857. The van der Waals surface area contributed by atoms with E-state index < -0.39 is 0 Å². The molecule has 1 amide bonds. The summed E-state index contributed by atoms with van der Waals surface area (Å²) in [5.74, 6) is 0.769. The Morgan fingerprint density at radius 1 is 1.17 bits per heavy atom. The average molecular weight is 416 g/mol. The van der Waals surface area contributed by atoms with Gasteiger partial charge in [-0.3, -0.25) is 4.79 Å². The lowest BCUT2D eigenvalue weighted by Crippen LogP contribution is -2.42. The van der Waals surface area contributed by atoms with Gasteiger partial charge < -0.3 is 25.6 Å². The second kappa shape index (κ2) is 12.5. The molecule has 3 rings (SSSR count). The number of hydrogen-bond donors (Lipinski definition) is 3. The average Bonchev–Trinajstić information content (AvgIpc) is 3.30. The van der Waals surface area contributed by atoms with E-state index in [0.29, 0.717) is 18.7 Å². The minimum atomic E-state index is -0.0529. The van der Waals surface area contributed by atoms with E-state index in [1.54, 1.807) is 0 Å². The van der Waals surface area contributed by atoms with E-state index in [9.17, 15) is 4.79 Å². The van der Waals surface area contributed by atoms with Crippen LogP contribution in [0.15, 0.2) is 29.3 Å². The van der Waals surface area contributed by atoms with Crippen molar-refractivity contribution in [3.05, 3.63) is 35.4 Å². The Morgan fingerprint density at radius 3 is 2.80 bits per heavy atom. The summed E-state index contributed by atoms with van der Waals surface area (Å²) in [6, 6.07) is 7.70. The zero-order chi connectivity index (χ0) is 21.0. The van der Waals surface area contributed by atoms with Gasteiger partial charge in [-0.15, -0.1) is 0 Å². The van der Waals surface area contributed by atoms with Crippen LogP contribution in [0.5, 0.6) is 0 Å². The molecule has 2 aliphatic heterocycles. The summed E-state index contributed by atoms with van der Waals surface area (Å²) in [4.78, 5) is 19.7. The van der Waals surface area contributed by atoms with Crippen LogP contribution in [-0.2, 0) is 11.3 Å². The largest absolute Gasteiger partial charge is 0.376 e. The van der Waals surface area contributed by atoms with Crippen LogP contribution in [0.1, 0.15) is 54.9 Å². The van der Waals surface area contributed by atoms with Crippen LogP contribution in [0.25, 0.3) is 0 Å². The first-order valence-electron chi connectivity index (χ1n) is 11.5. The summed E-state index contributed by atoms with van der Waals surface area (Å²) < 4.78 is 5.57. The number of hydrogen-bond acceptors (Lipinski definition) is 4. The van der Waals surface area contributed by atoms with E-state index in [2.05, 4.69) is 27.8 Å². The maximum atomic E-state index is 12.5. The molecule has 2 saturated heterocycles. The topological polar surface area (TPSA) is 78.0 Å². The van der Waals surface area contributed by atoms with E-state index >= 15 is 0 Å². The summed E-state index contributed by atoms with van der Waals surface area (Å²) in [5, 5.41) is 9.72. The number of aliphatic imine (C=N–C) groups is 1. The van der Waals surface area contributed by atoms with Crippen molar-refractivity contribution < 1.29 is 9.53 Å². The van der Waals surface area contributed by atoms with Gasteiger partial charge in [-0.1, -0.05) is 18.6 Å². The van der Waals surface area contributed by atoms with Gasteiger partial charge in [-0.05, 0) is 63.4 Å². The van der Waals surface area contributed by atoms with Crippen LogP contribution in [0.4, 0.5) is 0 Å². The smallest absolute Gasteiger partial charge is 0.251 e. The third-order valence-corrected chi connectivity index (χ3v) is 5.64. The van der Waals surface area contributed by atoms with Gasteiger partial charge in [-0.25, -0.2) is 4.99 Å². The second-order valence-corrected chi connectivity index (χ2v) is 8.07. The Morgan fingerprint density at radius 2 is 2.03 bits per heavy atom. The van der Waals surface area contributed by atoms with Crippen molar-refractivity contribution in [1.29, 1.82) is 0 Å². The molecule has 7 nitrogen and oxygen atoms in total. The molecule has 7 heteroatoms. The minimum absolute atomic E-state index is 0.0529. The van der Waals surface area contributed by atoms with Gasteiger partial charge in [0.15, 0.2) is 5.96 Å². The molecule has 2 heterocycles.